The maximum absolute atomic E-state index is 8.83. The van der Waals surface area contributed by atoms with E-state index in [4.69, 9.17) is 10.2 Å². The lowest BCUT2D eigenvalue weighted by Gasteiger charge is -2.04. The highest BCUT2D eigenvalue weighted by Gasteiger charge is 2.02. The maximum atomic E-state index is 8.83. The Balaban J connectivity index is 3.10. The normalized spacial score (nSPS) is 10.1. The van der Waals surface area contributed by atoms with Gasteiger partial charge in [0.1, 0.15) is 0 Å². The number of aliphatic hydroxyl groups is 2. The van der Waals surface area contributed by atoms with E-state index in [2.05, 4.69) is 15.9 Å². The zero-order valence-electron chi connectivity index (χ0n) is 5.92. The third-order valence-electron chi connectivity index (χ3n) is 1.50. The Kier molecular flexibility index (Phi) is 3.05. The number of rotatable bonds is 2. The molecule has 0 saturated heterocycles. The van der Waals surface area contributed by atoms with E-state index in [1.165, 1.54) is 0 Å². The number of halogens is 1. The fourth-order valence-corrected chi connectivity index (χ4v) is 1.39. The molecule has 1 rings (SSSR count). The van der Waals surface area contributed by atoms with Gasteiger partial charge in [-0.1, -0.05) is 34.1 Å². The molecule has 0 aromatic heterocycles. The molecule has 0 saturated carbocycles. The van der Waals surface area contributed by atoms with Crippen LogP contribution in [0, 0.1) is 0 Å². The van der Waals surface area contributed by atoms with E-state index in [9.17, 15) is 0 Å². The molecule has 0 aliphatic rings. The van der Waals surface area contributed by atoms with Crippen molar-refractivity contribution in [2.45, 2.75) is 13.2 Å². The van der Waals surface area contributed by atoms with Crippen LogP contribution in [0.25, 0.3) is 0 Å². The van der Waals surface area contributed by atoms with Gasteiger partial charge in [-0.3, -0.25) is 0 Å². The Morgan fingerprint density at radius 1 is 1.09 bits per heavy atom. The van der Waals surface area contributed by atoms with Crippen molar-refractivity contribution in [1.29, 1.82) is 0 Å². The molecule has 2 N–H and O–H groups in total. The predicted molar refractivity (Wildman–Crippen MR) is 46.0 cm³/mol. The summed E-state index contributed by atoms with van der Waals surface area (Å²) >= 11 is 3.28. The van der Waals surface area contributed by atoms with Crippen molar-refractivity contribution < 1.29 is 10.2 Å². The third-order valence-corrected chi connectivity index (χ3v) is 2.52. The summed E-state index contributed by atoms with van der Waals surface area (Å²) in [5.74, 6) is 0. The van der Waals surface area contributed by atoms with Crippen LogP contribution in [0.4, 0.5) is 0 Å². The van der Waals surface area contributed by atoms with Crippen LogP contribution in [0.3, 0.4) is 0 Å². The molecule has 0 spiro atoms. The minimum atomic E-state index is -0.00553. The highest BCUT2D eigenvalue weighted by Crippen LogP contribution is 2.21. The average Bonchev–Trinajstić information content (AvgIpc) is 2.05. The van der Waals surface area contributed by atoms with Crippen molar-refractivity contribution >= 4 is 15.9 Å². The second-order valence-corrected chi connectivity index (χ2v) is 3.00. The van der Waals surface area contributed by atoms with Crippen LogP contribution in [-0.2, 0) is 13.2 Å². The van der Waals surface area contributed by atoms with Crippen LogP contribution in [0.1, 0.15) is 11.1 Å². The number of benzene rings is 1. The topological polar surface area (TPSA) is 40.5 Å². The minimum absolute atomic E-state index is 0.00553. The molecule has 1 aromatic carbocycles. The van der Waals surface area contributed by atoms with Crippen molar-refractivity contribution in [3.05, 3.63) is 33.8 Å². The molecule has 0 unspecified atom stereocenters. The Morgan fingerprint density at radius 2 is 1.55 bits per heavy atom. The molecule has 0 aliphatic carbocycles. The van der Waals surface area contributed by atoms with Gasteiger partial charge in [-0.2, -0.15) is 0 Å². The Labute approximate surface area is 73.6 Å². The van der Waals surface area contributed by atoms with E-state index in [0.29, 0.717) is 0 Å². The molecule has 0 amide bonds. The zero-order chi connectivity index (χ0) is 8.27. The monoisotopic (exact) mass is 216 g/mol. The summed E-state index contributed by atoms with van der Waals surface area (Å²) in [5, 5.41) is 17.7. The van der Waals surface area contributed by atoms with Gasteiger partial charge in [0.15, 0.2) is 0 Å². The smallest absolute Gasteiger partial charge is 0.0692 e. The summed E-state index contributed by atoms with van der Waals surface area (Å²) in [6.07, 6.45) is 0. The van der Waals surface area contributed by atoms with Crippen molar-refractivity contribution in [2.75, 3.05) is 0 Å². The molecule has 3 heteroatoms. The first-order chi connectivity index (χ1) is 5.29. The number of hydrogen-bond acceptors (Lipinski definition) is 2. The second kappa shape index (κ2) is 3.85. The first-order valence-corrected chi connectivity index (χ1v) is 4.07. The van der Waals surface area contributed by atoms with Crippen molar-refractivity contribution in [3.8, 4) is 0 Å². The van der Waals surface area contributed by atoms with Gasteiger partial charge in [0.25, 0.3) is 0 Å². The highest BCUT2D eigenvalue weighted by molar-refractivity contribution is 9.10. The largest absolute Gasteiger partial charge is 0.392 e. The lowest BCUT2D eigenvalue weighted by molar-refractivity contribution is 0.274. The van der Waals surface area contributed by atoms with Gasteiger partial charge >= 0.3 is 0 Å². The van der Waals surface area contributed by atoms with Gasteiger partial charge in [-0.25, -0.2) is 0 Å². The SMILES string of the molecule is OCc1cccc(CO)c1Br. The molecule has 0 heterocycles. The molecular weight excluding hydrogens is 208 g/mol. The van der Waals surface area contributed by atoms with Gasteiger partial charge in [-0.05, 0) is 11.1 Å². The van der Waals surface area contributed by atoms with Crippen LogP contribution >= 0.6 is 15.9 Å². The van der Waals surface area contributed by atoms with Crippen LogP contribution in [0.15, 0.2) is 22.7 Å². The van der Waals surface area contributed by atoms with Crippen LogP contribution in [0.2, 0.25) is 0 Å². The van der Waals surface area contributed by atoms with Gasteiger partial charge in [0.05, 0.1) is 13.2 Å². The molecule has 0 radical (unpaired) electrons. The molecule has 11 heavy (non-hydrogen) atoms. The molecule has 2 nitrogen and oxygen atoms in total. The van der Waals surface area contributed by atoms with E-state index in [0.717, 1.165) is 15.6 Å². The Morgan fingerprint density at radius 3 is 1.91 bits per heavy atom. The fraction of sp³-hybridized carbons (Fsp3) is 0.250. The summed E-state index contributed by atoms with van der Waals surface area (Å²) in [7, 11) is 0. The predicted octanol–water partition coefficient (Wildman–Crippen LogP) is 1.43. The van der Waals surface area contributed by atoms with Crippen LogP contribution in [-0.4, -0.2) is 10.2 Å². The minimum Gasteiger partial charge on any atom is -0.392 e. The van der Waals surface area contributed by atoms with E-state index in [-0.39, 0.29) is 13.2 Å². The second-order valence-electron chi connectivity index (χ2n) is 2.21. The first kappa shape index (κ1) is 8.71. The summed E-state index contributed by atoms with van der Waals surface area (Å²) < 4.78 is 0.796. The molecule has 0 aliphatic heterocycles. The van der Waals surface area contributed by atoms with E-state index in [1.807, 2.05) is 18.2 Å². The summed E-state index contributed by atoms with van der Waals surface area (Å²) in [6.45, 7) is -0.0111. The average molecular weight is 217 g/mol. The van der Waals surface area contributed by atoms with Gasteiger partial charge in [0.2, 0.25) is 0 Å². The Hall–Kier alpha value is -0.380. The van der Waals surface area contributed by atoms with Crippen molar-refractivity contribution in [1.82, 2.24) is 0 Å². The molecule has 1 aromatic rings. The quantitative estimate of drug-likeness (QED) is 0.786. The Bertz CT molecular complexity index is 226. The van der Waals surface area contributed by atoms with Gasteiger partial charge in [-0.15, -0.1) is 0 Å². The summed E-state index contributed by atoms with van der Waals surface area (Å²) in [5.41, 5.74) is 1.60. The third kappa shape index (κ3) is 1.80. The van der Waals surface area contributed by atoms with E-state index in [1.54, 1.807) is 0 Å². The number of aliphatic hydroxyl groups excluding tert-OH is 2. The lowest BCUT2D eigenvalue weighted by atomic mass is 10.1. The summed E-state index contributed by atoms with van der Waals surface area (Å²) in [4.78, 5) is 0. The molecule has 0 atom stereocenters. The molecule has 0 bridgehead atoms. The highest BCUT2D eigenvalue weighted by atomic mass is 79.9. The van der Waals surface area contributed by atoms with Crippen LogP contribution < -0.4 is 0 Å². The maximum Gasteiger partial charge on any atom is 0.0692 e. The lowest BCUT2D eigenvalue weighted by Crippen LogP contribution is -1.91. The molecular formula is C8H9BrO2. The standard InChI is InChI=1S/C8H9BrO2/c9-8-6(4-10)2-1-3-7(8)5-11/h1-3,10-11H,4-5H2. The number of hydrogen-bond donors (Lipinski definition) is 2. The summed E-state index contributed by atoms with van der Waals surface area (Å²) in [6, 6.07) is 5.42. The van der Waals surface area contributed by atoms with Gasteiger partial charge < -0.3 is 10.2 Å². The van der Waals surface area contributed by atoms with Crippen LogP contribution in [0.5, 0.6) is 0 Å². The van der Waals surface area contributed by atoms with E-state index >= 15 is 0 Å². The molecule has 0 fully saturated rings. The van der Waals surface area contributed by atoms with Gasteiger partial charge in [0, 0.05) is 4.47 Å². The first-order valence-electron chi connectivity index (χ1n) is 3.27. The van der Waals surface area contributed by atoms with Crippen molar-refractivity contribution in [2.24, 2.45) is 0 Å². The fourth-order valence-electron chi connectivity index (χ4n) is 0.877. The van der Waals surface area contributed by atoms with E-state index < -0.39 is 0 Å². The zero-order valence-corrected chi connectivity index (χ0v) is 7.50. The van der Waals surface area contributed by atoms with Crippen molar-refractivity contribution in [3.63, 3.8) is 0 Å². The molecule has 60 valence electrons.